The highest BCUT2D eigenvalue weighted by molar-refractivity contribution is 6.34. The Kier molecular flexibility index (Phi) is 6.46. The van der Waals surface area contributed by atoms with Gasteiger partial charge in [-0.25, -0.2) is 9.87 Å². The predicted octanol–water partition coefficient (Wildman–Crippen LogP) is 3.03. The molecule has 0 radical (unpaired) electrons. The standard InChI is InChI=1S/C21H25FN4O3/c1-12-17(11-23-8-4-3-5-20(27)26-29)13(2)24-19(12)10-16-15-9-14(22)6-7-18(15)25-21(16)28/h6-7,9-10,23-24,29H,3-5,8,11H2,1-2H3,(H,25,28)(H,26,27). The highest BCUT2D eigenvalue weighted by atomic mass is 19.1. The van der Waals surface area contributed by atoms with Gasteiger partial charge in [-0.1, -0.05) is 0 Å². The van der Waals surface area contributed by atoms with Crippen LogP contribution in [0.2, 0.25) is 0 Å². The predicted molar refractivity (Wildman–Crippen MR) is 109 cm³/mol. The number of aromatic nitrogens is 1. The zero-order valence-electron chi connectivity index (χ0n) is 16.5. The van der Waals surface area contributed by atoms with Crippen molar-refractivity contribution in [2.24, 2.45) is 0 Å². The molecule has 0 saturated carbocycles. The van der Waals surface area contributed by atoms with Crippen LogP contribution in [0.1, 0.15) is 47.3 Å². The van der Waals surface area contributed by atoms with Gasteiger partial charge in [-0.3, -0.25) is 14.8 Å². The van der Waals surface area contributed by atoms with E-state index >= 15 is 0 Å². The van der Waals surface area contributed by atoms with Crippen molar-refractivity contribution in [3.63, 3.8) is 0 Å². The van der Waals surface area contributed by atoms with Crippen LogP contribution in [0.5, 0.6) is 0 Å². The molecule has 1 aromatic carbocycles. The van der Waals surface area contributed by atoms with Crippen molar-refractivity contribution in [1.29, 1.82) is 0 Å². The molecule has 2 aromatic rings. The first-order valence-corrected chi connectivity index (χ1v) is 9.55. The third-order valence-electron chi connectivity index (χ3n) is 5.12. The Morgan fingerprint density at radius 3 is 2.83 bits per heavy atom. The van der Waals surface area contributed by atoms with Crippen LogP contribution in [-0.2, 0) is 16.1 Å². The van der Waals surface area contributed by atoms with Crippen LogP contribution in [0.25, 0.3) is 11.6 Å². The van der Waals surface area contributed by atoms with Crippen molar-refractivity contribution in [2.45, 2.75) is 39.7 Å². The Hall–Kier alpha value is -2.97. The van der Waals surface area contributed by atoms with Gasteiger partial charge in [-0.05, 0) is 68.6 Å². The Labute approximate surface area is 168 Å². The van der Waals surface area contributed by atoms with Crippen molar-refractivity contribution in [3.05, 3.63) is 52.1 Å². The van der Waals surface area contributed by atoms with Gasteiger partial charge in [0.2, 0.25) is 5.91 Å². The number of rotatable bonds is 8. The van der Waals surface area contributed by atoms with E-state index in [-0.39, 0.29) is 17.6 Å². The monoisotopic (exact) mass is 400 g/mol. The van der Waals surface area contributed by atoms with Crippen molar-refractivity contribution in [3.8, 4) is 0 Å². The number of hydrogen-bond acceptors (Lipinski definition) is 4. The number of hydroxylamine groups is 1. The molecule has 1 aliphatic rings. The number of anilines is 1. The number of nitrogens with one attached hydrogen (secondary N) is 4. The van der Waals surface area contributed by atoms with Crippen molar-refractivity contribution in [1.82, 2.24) is 15.8 Å². The highest BCUT2D eigenvalue weighted by Crippen LogP contribution is 2.34. The van der Waals surface area contributed by atoms with Gasteiger partial charge in [0.1, 0.15) is 5.82 Å². The molecule has 0 saturated heterocycles. The van der Waals surface area contributed by atoms with Crippen molar-refractivity contribution < 1.29 is 19.2 Å². The normalized spacial score (nSPS) is 14.2. The molecule has 3 rings (SSSR count). The number of hydrogen-bond donors (Lipinski definition) is 5. The number of H-pyrrole nitrogens is 1. The summed E-state index contributed by atoms with van der Waals surface area (Å²) in [6.45, 7) is 5.35. The molecule has 1 aromatic heterocycles. The average Bonchev–Trinajstić information content (AvgIpc) is 3.14. The first-order valence-electron chi connectivity index (χ1n) is 9.55. The second-order valence-electron chi connectivity index (χ2n) is 7.14. The minimum Gasteiger partial charge on any atom is -0.359 e. The fourth-order valence-electron chi connectivity index (χ4n) is 3.48. The summed E-state index contributed by atoms with van der Waals surface area (Å²) in [6, 6.07) is 4.26. The van der Waals surface area contributed by atoms with Crippen molar-refractivity contribution >= 4 is 29.2 Å². The molecule has 154 valence electrons. The van der Waals surface area contributed by atoms with E-state index in [0.717, 1.165) is 35.5 Å². The van der Waals surface area contributed by atoms with Gasteiger partial charge >= 0.3 is 0 Å². The number of halogens is 1. The number of carbonyl (C=O) groups excluding carboxylic acids is 2. The summed E-state index contributed by atoms with van der Waals surface area (Å²) >= 11 is 0. The second kappa shape index (κ2) is 9.02. The summed E-state index contributed by atoms with van der Waals surface area (Å²) in [6.07, 6.45) is 3.56. The van der Waals surface area contributed by atoms with Crippen LogP contribution in [0.4, 0.5) is 10.1 Å². The lowest BCUT2D eigenvalue weighted by atomic mass is 10.0. The SMILES string of the molecule is Cc1[nH]c(C=C2C(=O)Nc3ccc(F)cc32)c(C)c1CNCCCCC(=O)NO. The zero-order chi connectivity index (χ0) is 21.0. The van der Waals surface area contributed by atoms with E-state index in [2.05, 4.69) is 15.6 Å². The number of aromatic amines is 1. The van der Waals surface area contributed by atoms with Crippen LogP contribution in [0, 0.1) is 19.7 Å². The van der Waals surface area contributed by atoms with E-state index in [4.69, 9.17) is 5.21 Å². The number of amides is 2. The second-order valence-corrected chi connectivity index (χ2v) is 7.14. The molecular weight excluding hydrogens is 375 g/mol. The number of benzene rings is 1. The summed E-state index contributed by atoms with van der Waals surface area (Å²) in [5.41, 5.74) is 7.19. The topological polar surface area (TPSA) is 106 Å². The maximum absolute atomic E-state index is 13.6. The van der Waals surface area contributed by atoms with Gasteiger partial charge in [0.05, 0.1) is 5.57 Å². The van der Waals surface area contributed by atoms with Gasteiger partial charge in [-0.2, -0.15) is 0 Å². The van der Waals surface area contributed by atoms with Gasteiger partial charge in [0.25, 0.3) is 5.91 Å². The van der Waals surface area contributed by atoms with E-state index in [0.29, 0.717) is 36.2 Å². The molecule has 0 fully saturated rings. The van der Waals surface area contributed by atoms with Crippen LogP contribution >= 0.6 is 0 Å². The maximum Gasteiger partial charge on any atom is 0.256 e. The molecule has 2 amide bonds. The first kappa shape index (κ1) is 20.8. The largest absolute Gasteiger partial charge is 0.359 e. The lowest BCUT2D eigenvalue weighted by Crippen LogP contribution is -2.19. The Morgan fingerprint density at radius 1 is 1.28 bits per heavy atom. The van der Waals surface area contributed by atoms with E-state index in [1.807, 2.05) is 13.8 Å². The van der Waals surface area contributed by atoms with Gasteiger partial charge < -0.3 is 15.6 Å². The molecule has 29 heavy (non-hydrogen) atoms. The van der Waals surface area contributed by atoms with E-state index in [9.17, 15) is 14.0 Å². The van der Waals surface area contributed by atoms with E-state index in [1.165, 1.54) is 12.1 Å². The third kappa shape index (κ3) is 4.72. The molecule has 8 heteroatoms. The quantitative estimate of drug-likeness (QED) is 0.203. The fourth-order valence-corrected chi connectivity index (χ4v) is 3.48. The Morgan fingerprint density at radius 2 is 2.07 bits per heavy atom. The third-order valence-corrected chi connectivity index (χ3v) is 5.12. The minimum absolute atomic E-state index is 0.246. The Balaban J connectivity index is 1.67. The molecule has 1 aliphatic heterocycles. The summed E-state index contributed by atoms with van der Waals surface area (Å²) in [5, 5.41) is 14.6. The molecule has 0 aliphatic carbocycles. The van der Waals surface area contributed by atoms with Crippen LogP contribution in [0.3, 0.4) is 0 Å². The fraction of sp³-hybridized carbons (Fsp3) is 0.333. The maximum atomic E-state index is 13.6. The molecule has 5 N–H and O–H groups in total. The lowest BCUT2D eigenvalue weighted by Gasteiger charge is -2.06. The molecule has 0 spiro atoms. The minimum atomic E-state index is -0.383. The number of carbonyl (C=O) groups is 2. The van der Waals surface area contributed by atoms with Crippen molar-refractivity contribution in [2.75, 3.05) is 11.9 Å². The summed E-state index contributed by atoms with van der Waals surface area (Å²) < 4.78 is 13.6. The summed E-state index contributed by atoms with van der Waals surface area (Å²) in [4.78, 5) is 26.6. The molecule has 2 heterocycles. The number of unbranched alkanes of at least 4 members (excludes halogenated alkanes) is 1. The average molecular weight is 400 g/mol. The van der Waals surface area contributed by atoms with Crippen LogP contribution < -0.4 is 16.1 Å². The highest BCUT2D eigenvalue weighted by Gasteiger charge is 2.25. The van der Waals surface area contributed by atoms with Gasteiger partial charge in [0.15, 0.2) is 0 Å². The van der Waals surface area contributed by atoms with Crippen LogP contribution in [0.15, 0.2) is 18.2 Å². The lowest BCUT2D eigenvalue weighted by molar-refractivity contribution is -0.129. The smallest absolute Gasteiger partial charge is 0.256 e. The number of fused-ring (bicyclic) bond motifs is 1. The molecule has 0 unspecified atom stereocenters. The van der Waals surface area contributed by atoms with Gasteiger partial charge in [0, 0.05) is 35.6 Å². The van der Waals surface area contributed by atoms with E-state index in [1.54, 1.807) is 17.6 Å². The molecular formula is C21H25FN4O3. The van der Waals surface area contributed by atoms with Crippen LogP contribution in [-0.4, -0.2) is 28.6 Å². The molecule has 0 bridgehead atoms. The van der Waals surface area contributed by atoms with E-state index < -0.39 is 0 Å². The molecule has 7 nitrogen and oxygen atoms in total. The number of aryl methyl sites for hydroxylation is 1. The zero-order valence-corrected chi connectivity index (χ0v) is 16.5. The first-order chi connectivity index (χ1) is 13.9. The molecule has 0 atom stereocenters. The Bertz CT molecular complexity index is 965. The summed E-state index contributed by atoms with van der Waals surface area (Å²) in [5.74, 6) is -1.01. The summed E-state index contributed by atoms with van der Waals surface area (Å²) in [7, 11) is 0. The van der Waals surface area contributed by atoms with Gasteiger partial charge in [-0.15, -0.1) is 0 Å².